The van der Waals surface area contributed by atoms with E-state index in [9.17, 15) is 13.2 Å². The standard InChI is InChI=1S/C28H29N5O7S/c1-28(2,3)19-10-12-20(13-11-19)41(35,36)33-24-23(40-22-9-6-5-8-21(22)37-4)27(39-17-16-38-18-34)32-26(31-24)25-29-14-7-15-30-25/h5-15,18H,16-17H2,1-4H3,(H,31,32,33). The Labute approximate surface area is 237 Å². The largest absolute Gasteiger partial charge is 0.493 e. The van der Waals surface area contributed by atoms with E-state index in [4.69, 9.17) is 18.9 Å². The molecule has 0 fully saturated rings. The van der Waals surface area contributed by atoms with E-state index in [0.29, 0.717) is 5.75 Å². The van der Waals surface area contributed by atoms with E-state index in [1.54, 1.807) is 42.5 Å². The average molecular weight is 580 g/mol. The number of sulfonamides is 1. The fourth-order valence-electron chi connectivity index (χ4n) is 3.57. The van der Waals surface area contributed by atoms with E-state index in [-0.39, 0.29) is 64.8 Å². The smallest absolute Gasteiger partial charge is 0.293 e. The highest BCUT2D eigenvalue weighted by Gasteiger charge is 2.26. The van der Waals surface area contributed by atoms with Crippen LogP contribution in [0.1, 0.15) is 26.3 Å². The Hall–Kier alpha value is -4.78. The van der Waals surface area contributed by atoms with Crippen LogP contribution in [0.5, 0.6) is 23.1 Å². The van der Waals surface area contributed by atoms with Gasteiger partial charge in [-0.2, -0.15) is 4.98 Å². The van der Waals surface area contributed by atoms with Crippen molar-refractivity contribution in [1.82, 2.24) is 19.9 Å². The van der Waals surface area contributed by atoms with E-state index < -0.39 is 10.0 Å². The maximum absolute atomic E-state index is 13.6. The summed E-state index contributed by atoms with van der Waals surface area (Å²) in [5.74, 6) is 0.139. The third kappa shape index (κ3) is 7.25. The zero-order valence-corrected chi connectivity index (χ0v) is 23.7. The summed E-state index contributed by atoms with van der Waals surface area (Å²) in [6.07, 6.45) is 2.98. The third-order valence-corrected chi connectivity index (χ3v) is 7.01. The Morgan fingerprint density at radius 3 is 2.20 bits per heavy atom. The summed E-state index contributed by atoms with van der Waals surface area (Å²) in [5, 5.41) is 0. The van der Waals surface area contributed by atoms with Crippen LogP contribution in [-0.2, 0) is 25.0 Å². The summed E-state index contributed by atoms with van der Waals surface area (Å²) in [5.41, 5.74) is 0.804. The van der Waals surface area contributed by atoms with Gasteiger partial charge in [0.15, 0.2) is 23.1 Å². The molecule has 0 aliphatic carbocycles. The Balaban J connectivity index is 1.84. The lowest BCUT2D eigenvalue weighted by atomic mass is 9.87. The van der Waals surface area contributed by atoms with Gasteiger partial charge in [0.1, 0.15) is 13.2 Å². The Kier molecular flexibility index (Phi) is 8.97. The molecule has 2 heterocycles. The molecule has 1 N–H and O–H groups in total. The molecule has 0 amide bonds. The Morgan fingerprint density at radius 2 is 1.56 bits per heavy atom. The van der Waals surface area contributed by atoms with Crippen molar-refractivity contribution in [2.75, 3.05) is 25.0 Å². The quantitative estimate of drug-likeness (QED) is 0.188. The monoisotopic (exact) mass is 579 g/mol. The summed E-state index contributed by atoms with van der Waals surface area (Å²) < 4.78 is 51.6. The van der Waals surface area contributed by atoms with Crippen LogP contribution in [0, 0.1) is 0 Å². The zero-order valence-electron chi connectivity index (χ0n) is 22.9. The lowest BCUT2D eigenvalue weighted by molar-refractivity contribution is -0.129. The van der Waals surface area contributed by atoms with Crippen LogP contribution >= 0.6 is 0 Å². The minimum Gasteiger partial charge on any atom is -0.493 e. The van der Waals surface area contributed by atoms with Crippen molar-refractivity contribution in [2.24, 2.45) is 0 Å². The number of rotatable bonds is 12. The van der Waals surface area contributed by atoms with Crippen molar-refractivity contribution in [1.29, 1.82) is 0 Å². The van der Waals surface area contributed by atoms with Crippen molar-refractivity contribution >= 4 is 22.3 Å². The molecule has 0 bridgehead atoms. The highest BCUT2D eigenvalue weighted by atomic mass is 32.2. The maximum atomic E-state index is 13.6. The number of ether oxygens (including phenoxy) is 4. The normalized spacial score (nSPS) is 11.4. The number of carbonyl (C=O) groups excluding carboxylic acids is 1. The summed E-state index contributed by atoms with van der Waals surface area (Å²) in [7, 11) is -2.70. The average Bonchev–Trinajstić information content (AvgIpc) is 2.96. The molecule has 0 saturated carbocycles. The lowest BCUT2D eigenvalue weighted by Gasteiger charge is -2.20. The summed E-state index contributed by atoms with van der Waals surface area (Å²) >= 11 is 0. The molecular formula is C28H29N5O7S. The van der Waals surface area contributed by atoms with E-state index in [1.165, 1.54) is 31.6 Å². The van der Waals surface area contributed by atoms with Crippen molar-refractivity contribution in [2.45, 2.75) is 31.1 Å². The fraction of sp³-hybridized carbons (Fsp3) is 0.250. The van der Waals surface area contributed by atoms with Crippen molar-refractivity contribution in [3.63, 3.8) is 0 Å². The molecule has 0 spiro atoms. The molecule has 0 atom stereocenters. The molecular weight excluding hydrogens is 550 g/mol. The number of anilines is 1. The van der Waals surface area contributed by atoms with Gasteiger partial charge >= 0.3 is 0 Å². The number of methoxy groups -OCH3 is 1. The van der Waals surface area contributed by atoms with Crippen molar-refractivity contribution in [3.8, 4) is 34.8 Å². The Morgan fingerprint density at radius 1 is 0.878 bits per heavy atom. The van der Waals surface area contributed by atoms with Gasteiger partial charge in [-0.1, -0.05) is 45.0 Å². The molecule has 4 rings (SSSR count). The van der Waals surface area contributed by atoms with Gasteiger partial charge in [-0.05, 0) is 41.3 Å². The SMILES string of the molecule is COc1ccccc1Oc1c(NS(=O)(=O)c2ccc(C(C)(C)C)cc2)nc(-c2ncccn2)nc1OCCOC=O. The van der Waals surface area contributed by atoms with Gasteiger partial charge in [0.05, 0.1) is 12.0 Å². The molecule has 41 heavy (non-hydrogen) atoms. The number of benzene rings is 2. The van der Waals surface area contributed by atoms with Crippen LogP contribution in [0.2, 0.25) is 0 Å². The number of nitrogens with zero attached hydrogens (tertiary/aromatic N) is 4. The first kappa shape index (κ1) is 29.2. The number of para-hydroxylation sites is 2. The molecule has 2 aromatic carbocycles. The van der Waals surface area contributed by atoms with E-state index in [1.807, 2.05) is 20.8 Å². The number of nitrogens with one attached hydrogen (secondary N) is 1. The first-order chi connectivity index (χ1) is 19.6. The maximum Gasteiger partial charge on any atom is 0.293 e. The fourth-order valence-corrected chi connectivity index (χ4v) is 4.58. The predicted octanol–water partition coefficient (Wildman–Crippen LogP) is 4.38. The van der Waals surface area contributed by atoms with Gasteiger partial charge in [0, 0.05) is 12.4 Å². The second-order valence-corrected chi connectivity index (χ2v) is 11.2. The summed E-state index contributed by atoms with van der Waals surface area (Å²) in [6.45, 7) is 6.17. The molecule has 2 aromatic heterocycles. The van der Waals surface area contributed by atoms with Crippen LogP contribution in [0.4, 0.5) is 5.82 Å². The van der Waals surface area contributed by atoms with Crippen LogP contribution < -0.4 is 18.9 Å². The third-order valence-electron chi connectivity index (χ3n) is 5.65. The van der Waals surface area contributed by atoms with Gasteiger partial charge < -0.3 is 18.9 Å². The highest BCUT2D eigenvalue weighted by molar-refractivity contribution is 7.92. The van der Waals surface area contributed by atoms with Gasteiger partial charge in [-0.25, -0.2) is 23.4 Å². The molecule has 0 aliphatic heterocycles. The second-order valence-electron chi connectivity index (χ2n) is 9.55. The molecule has 0 saturated heterocycles. The molecule has 13 heteroatoms. The number of carbonyl (C=O) groups is 1. The van der Waals surface area contributed by atoms with E-state index in [2.05, 4.69) is 24.7 Å². The van der Waals surface area contributed by atoms with Crippen molar-refractivity contribution < 1.29 is 32.2 Å². The summed E-state index contributed by atoms with van der Waals surface area (Å²) in [4.78, 5) is 27.8. The van der Waals surface area contributed by atoms with Gasteiger partial charge in [0.2, 0.25) is 11.6 Å². The minimum absolute atomic E-state index is 0.00622. The minimum atomic E-state index is -4.17. The highest BCUT2D eigenvalue weighted by Crippen LogP contribution is 2.41. The van der Waals surface area contributed by atoms with E-state index >= 15 is 0 Å². The van der Waals surface area contributed by atoms with E-state index in [0.717, 1.165) is 5.56 Å². The van der Waals surface area contributed by atoms with Gasteiger partial charge in [0.25, 0.3) is 22.4 Å². The molecule has 214 valence electrons. The van der Waals surface area contributed by atoms with Gasteiger partial charge in [-0.3, -0.25) is 9.52 Å². The molecule has 0 aliphatic rings. The first-order valence-electron chi connectivity index (χ1n) is 12.4. The second kappa shape index (κ2) is 12.6. The number of hydrogen-bond acceptors (Lipinski definition) is 11. The number of hydrogen-bond donors (Lipinski definition) is 1. The topological polar surface area (TPSA) is 152 Å². The zero-order chi connectivity index (χ0) is 29.5. The lowest BCUT2D eigenvalue weighted by Crippen LogP contribution is -2.17. The van der Waals surface area contributed by atoms with Crippen LogP contribution in [0.3, 0.4) is 0 Å². The Bertz CT molecular complexity index is 1590. The van der Waals surface area contributed by atoms with Crippen LogP contribution in [0.15, 0.2) is 71.9 Å². The molecule has 12 nitrogen and oxygen atoms in total. The summed E-state index contributed by atoms with van der Waals surface area (Å²) in [6, 6.07) is 14.9. The predicted molar refractivity (Wildman–Crippen MR) is 150 cm³/mol. The van der Waals surface area contributed by atoms with Crippen LogP contribution in [-0.4, -0.2) is 55.1 Å². The van der Waals surface area contributed by atoms with Crippen LogP contribution in [0.25, 0.3) is 11.6 Å². The molecule has 0 radical (unpaired) electrons. The first-order valence-corrected chi connectivity index (χ1v) is 13.9. The number of aromatic nitrogens is 4. The van der Waals surface area contributed by atoms with Crippen molar-refractivity contribution in [3.05, 3.63) is 72.6 Å². The van der Waals surface area contributed by atoms with Gasteiger partial charge in [-0.15, -0.1) is 0 Å². The molecule has 4 aromatic rings. The molecule has 0 unspecified atom stereocenters.